The van der Waals surface area contributed by atoms with Crippen molar-refractivity contribution in [1.29, 1.82) is 0 Å². The summed E-state index contributed by atoms with van der Waals surface area (Å²) in [7, 11) is -3.89. The Hall–Kier alpha value is -2.72. The largest absolute Gasteiger partial charge is 0.455 e. The lowest BCUT2D eigenvalue weighted by Crippen LogP contribution is -2.42. The summed E-state index contributed by atoms with van der Waals surface area (Å²) in [5.74, 6) is -1.81. The van der Waals surface area contributed by atoms with E-state index in [0.29, 0.717) is 0 Å². The van der Waals surface area contributed by atoms with E-state index in [1.165, 1.54) is 18.2 Å². The number of nitrogens with one attached hydrogen (secondary N) is 3. The van der Waals surface area contributed by atoms with Crippen molar-refractivity contribution in [1.82, 2.24) is 15.4 Å². The van der Waals surface area contributed by atoms with Crippen molar-refractivity contribution in [3.63, 3.8) is 0 Å². The third kappa shape index (κ3) is 7.03. The van der Waals surface area contributed by atoms with Gasteiger partial charge in [-0.3, -0.25) is 14.9 Å². The minimum absolute atomic E-state index is 0.0185. The maximum absolute atomic E-state index is 12.1. The van der Waals surface area contributed by atoms with E-state index in [9.17, 15) is 22.8 Å². The Bertz CT molecular complexity index is 804. The maximum Gasteiger partial charge on any atom is 0.321 e. The average molecular weight is 383 g/mol. The van der Waals surface area contributed by atoms with E-state index in [1.54, 1.807) is 13.0 Å². The summed E-state index contributed by atoms with van der Waals surface area (Å²) in [5.41, 5.74) is 1.73. The van der Waals surface area contributed by atoms with Crippen LogP contribution in [0.1, 0.15) is 11.1 Å². The number of imide groups is 1. The number of aryl methyl sites for hydroxylation is 2. The topological polar surface area (TPSA) is 131 Å². The Morgan fingerprint density at radius 1 is 1.19 bits per heavy atom. The Kier molecular flexibility index (Phi) is 7.94. The van der Waals surface area contributed by atoms with Gasteiger partial charge in [-0.2, -0.15) is 4.72 Å². The summed E-state index contributed by atoms with van der Waals surface area (Å²) in [6, 6.07) is 3.80. The first kappa shape index (κ1) is 21.3. The fourth-order valence-electron chi connectivity index (χ4n) is 1.69. The Labute approximate surface area is 151 Å². The normalized spacial score (nSPS) is 10.7. The molecule has 0 atom stereocenters. The van der Waals surface area contributed by atoms with Gasteiger partial charge in [0.2, 0.25) is 10.0 Å². The van der Waals surface area contributed by atoms with Crippen LogP contribution in [0.2, 0.25) is 0 Å². The van der Waals surface area contributed by atoms with Gasteiger partial charge in [-0.25, -0.2) is 13.2 Å². The predicted octanol–water partition coefficient (Wildman–Crippen LogP) is 0.137. The minimum atomic E-state index is -3.89. The van der Waals surface area contributed by atoms with Crippen LogP contribution in [0.15, 0.2) is 35.7 Å². The highest BCUT2D eigenvalue weighted by molar-refractivity contribution is 7.89. The van der Waals surface area contributed by atoms with Gasteiger partial charge >= 0.3 is 12.0 Å². The molecule has 3 N–H and O–H groups in total. The van der Waals surface area contributed by atoms with Crippen LogP contribution in [-0.2, 0) is 24.3 Å². The number of sulfonamides is 1. The average Bonchev–Trinajstić information content (AvgIpc) is 2.58. The van der Waals surface area contributed by atoms with Gasteiger partial charge in [0.25, 0.3) is 5.91 Å². The predicted molar refractivity (Wildman–Crippen MR) is 93.8 cm³/mol. The van der Waals surface area contributed by atoms with E-state index in [-0.39, 0.29) is 11.4 Å². The molecule has 0 aromatic heterocycles. The zero-order chi connectivity index (χ0) is 19.7. The van der Waals surface area contributed by atoms with Crippen molar-refractivity contribution in [2.45, 2.75) is 18.7 Å². The second-order valence-corrected chi connectivity index (χ2v) is 7.05. The van der Waals surface area contributed by atoms with Gasteiger partial charge in [0, 0.05) is 6.54 Å². The monoisotopic (exact) mass is 383 g/mol. The molecule has 0 aliphatic carbocycles. The van der Waals surface area contributed by atoms with Gasteiger partial charge in [0.15, 0.2) is 6.61 Å². The maximum atomic E-state index is 12.1. The highest BCUT2D eigenvalue weighted by Gasteiger charge is 2.17. The van der Waals surface area contributed by atoms with Crippen LogP contribution in [0, 0.1) is 13.8 Å². The molecular formula is C16H21N3O6S. The Morgan fingerprint density at radius 2 is 1.88 bits per heavy atom. The lowest BCUT2D eigenvalue weighted by molar-refractivity contribution is -0.147. The fourth-order valence-corrected chi connectivity index (χ4v) is 2.74. The van der Waals surface area contributed by atoms with Gasteiger partial charge in [-0.1, -0.05) is 12.1 Å². The van der Waals surface area contributed by atoms with Gasteiger partial charge in [0.1, 0.15) is 6.54 Å². The standard InChI is InChI=1S/C16H21N3O6S/c1-4-7-17-16(22)19-14(20)10-25-15(21)9-18-26(23,24)13-6-5-11(2)12(3)8-13/h4-6,8,18H,1,7,9-10H2,2-3H3,(H2,17,19,20,22). The summed E-state index contributed by atoms with van der Waals surface area (Å²) >= 11 is 0. The number of rotatable bonds is 8. The molecule has 10 heteroatoms. The van der Waals surface area contributed by atoms with Crippen molar-refractivity contribution in [2.24, 2.45) is 0 Å². The third-order valence-electron chi connectivity index (χ3n) is 3.22. The van der Waals surface area contributed by atoms with E-state index in [0.717, 1.165) is 11.1 Å². The molecule has 26 heavy (non-hydrogen) atoms. The molecule has 0 saturated heterocycles. The van der Waals surface area contributed by atoms with Crippen molar-refractivity contribution in [3.8, 4) is 0 Å². The number of benzene rings is 1. The van der Waals surface area contributed by atoms with Gasteiger partial charge in [-0.15, -0.1) is 6.58 Å². The van der Waals surface area contributed by atoms with Crippen LogP contribution >= 0.6 is 0 Å². The van der Waals surface area contributed by atoms with Gasteiger partial charge in [-0.05, 0) is 37.1 Å². The van der Waals surface area contributed by atoms with Crippen molar-refractivity contribution >= 4 is 27.9 Å². The van der Waals surface area contributed by atoms with E-state index >= 15 is 0 Å². The number of hydrogen-bond donors (Lipinski definition) is 3. The molecule has 1 rings (SSSR count). The molecule has 9 nitrogen and oxygen atoms in total. The van der Waals surface area contributed by atoms with E-state index in [4.69, 9.17) is 0 Å². The molecule has 1 aromatic carbocycles. The molecule has 0 unspecified atom stereocenters. The van der Waals surface area contributed by atoms with Crippen molar-refractivity contribution < 1.29 is 27.5 Å². The quantitative estimate of drug-likeness (QED) is 0.432. The van der Waals surface area contributed by atoms with Crippen LogP contribution < -0.4 is 15.4 Å². The molecular weight excluding hydrogens is 362 g/mol. The van der Waals surface area contributed by atoms with Crippen molar-refractivity contribution in [2.75, 3.05) is 19.7 Å². The van der Waals surface area contributed by atoms with Gasteiger partial charge < -0.3 is 10.1 Å². The second-order valence-electron chi connectivity index (χ2n) is 5.28. The first-order chi connectivity index (χ1) is 12.2. The zero-order valence-electron chi connectivity index (χ0n) is 14.5. The molecule has 0 spiro atoms. The van der Waals surface area contributed by atoms with E-state index in [1.807, 2.05) is 12.2 Å². The first-order valence-corrected chi connectivity index (χ1v) is 9.05. The van der Waals surface area contributed by atoms with Crippen LogP contribution in [0.5, 0.6) is 0 Å². The number of carbonyl (C=O) groups is 3. The molecule has 1 aromatic rings. The van der Waals surface area contributed by atoms with Crippen LogP contribution in [0.25, 0.3) is 0 Å². The van der Waals surface area contributed by atoms with E-state index < -0.39 is 41.1 Å². The highest BCUT2D eigenvalue weighted by Crippen LogP contribution is 2.14. The highest BCUT2D eigenvalue weighted by atomic mass is 32.2. The summed E-state index contributed by atoms with van der Waals surface area (Å²) in [5, 5.41) is 4.23. The first-order valence-electron chi connectivity index (χ1n) is 7.57. The number of hydrogen-bond acceptors (Lipinski definition) is 6. The molecule has 0 heterocycles. The number of carbonyl (C=O) groups excluding carboxylic acids is 3. The fraction of sp³-hybridized carbons (Fsp3) is 0.312. The van der Waals surface area contributed by atoms with Crippen molar-refractivity contribution in [3.05, 3.63) is 42.0 Å². The number of ether oxygens (including phenoxy) is 1. The lowest BCUT2D eigenvalue weighted by atomic mass is 10.1. The molecule has 0 aliphatic rings. The van der Waals surface area contributed by atoms with Gasteiger partial charge in [0.05, 0.1) is 4.90 Å². The zero-order valence-corrected chi connectivity index (χ0v) is 15.3. The third-order valence-corrected chi connectivity index (χ3v) is 4.62. The Morgan fingerprint density at radius 3 is 2.50 bits per heavy atom. The number of esters is 1. The molecule has 0 saturated carbocycles. The molecule has 0 fully saturated rings. The smallest absolute Gasteiger partial charge is 0.321 e. The molecule has 0 radical (unpaired) electrons. The van der Waals surface area contributed by atoms with Crippen LogP contribution in [0.4, 0.5) is 4.79 Å². The summed E-state index contributed by atoms with van der Waals surface area (Å²) in [6.07, 6.45) is 1.42. The van der Waals surface area contributed by atoms with E-state index in [2.05, 4.69) is 21.4 Å². The summed E-state index contributed by atoms with van der Waals surface area (Å²) in [6.45, 7) is 5.81. The molecule has 0 aliphatic heterocycles. The van der Waals surface area contributed by atoms with Crippen LogP contribution in [-0.4, -0.2) is 46.0 Å². The molecule has 3 amide bonds. The van der Waals surface area contributed by atoms with Crippen LogP contribution in [0.3, 0.4) is 0 Å². The lowest BCUT2D eigenvalue weighted by Gasteiger charge is -2.09. The summed E-state index contributed by atoms with van der Waals surface area (Å²) in [4.78, 5) is 34.2. The minimum Gasteiger partial charge on any atom is -0.455 e. The molecule has 142 valence electrons. The molecule has 0 bridgehead atoms. The Balaban J connectivity index is 2.45. The SMILES string of the molecule is C=CCNC(=O)NC(=O)COC(=O)CNS(=O)(=O)c1ccc(C)c(C)c1. The summed E-state index contributed by atoms with van der Waals surface area (Å²) < 4.78 is 30.9. The number of amides is 3. The number of urea groups is 1. The second kappa shape index (κ2) is 9.68.